The minimum atomic E-state index is 0. The first-order valence-corrected chi connectivity index (χ1v) is 8.51. The molecule has 126 valence electrons. The first-order valence-electron chi connectivity index (χ1n) is 7.69. The van der Waals surface area contributed by atoms with Crippen LogP contribution in [0, 0.1) is 0 Å². The smallest absolute Gasteiger partial charge is 0.194 e. The van der Waals surface area contributed by atoms with Gasteiger partial charge in [0.2, 0.25) is 0 Å². The number of guanidine groups is 1. The lowest BCUT2D eigenvalue weighted by Gasteiger charge is -2.22. The van der Waals surface area contributed by atoms with Crippen LogP contribution >= 0.6 is 35.3 Å². The molecule has 0 unspecified atom stereocenters. The summed E-state index contributed by atoms with van der Waals surface area (Å²) in [6, 6.07) is 10.4. The molecule has 0 radical (unpaired) electrons. The van der Waals surface area contributed by atoms with Gasteiger partial charge < -0.3 is 10.2 Å². The van der Waals surface area contributed by atoms with Gasteiger partial charge >= 0.3 is 0 Å². The number of aliphatic imine (C=N–C) groups is 1. The second-order valence-corrected chi connectivity index (χ2v) is 6.29. The van der Waals surface area contributed by atoms with Crippen LogP contribution in [-0.2, 0) is 19.5 Å². The van der Waals surface area contributed by atoms with Crippen LogP contribution in [0.25, 0.3) is 0 Å². The molecule has 23 heavy (non-hydrogen) atoms. The molecule has 0 aliphatic carbocycles. The van der Waals surface area contributed by atoms with Gasteiger partial charge in [0.1, 0.15) is 5.01 Å². The second kappa shape index (κ2) is 10.6. The number of nitrogens with zero attached hydrogens (tertiary/aromatic N) is 3. The summed E-state index contributed by atoms with van der Waals surface area (Å²) in [7, 11) is 2.06. The Kier molecular flexibility index (Phi) is 9.16. The highest BCUT2D eigenvalue weighted by Gasteiger charge is 2.07. The van der Waals surface area contributed by atoms with Gasteiger partial charge in [0.15, 0.2) is 5.96 Å². The van der Waals surface area contributed by atoms with E-state index in [0.29, 0.717) is 6.54 Å². The number of aryl methyl sites for hydroxylation is 1. The summed E-state index contributed by atoms with van der Waals surface area (Å²) >= 11 is 1.74. The third kappa shape index (κ3) is 6.47. The van der Waals surface area contributed by atoms with Crippen LogP contribution in [0.5, 0.6) is 0 Å². The van der Waals surface area contributed by atoms with Crippen molar-refractivity contribution in [3.8, 4) is 0 Å². The van der Waals surface area contributed by atoms with Gasteiger partial charge in [-0.2, -0.15) is 0 Å². The Labute approximate surface area is 160 Å². The lowest BCUT2D eigenvalue weighted by molar-refractivity contribution is 0.477. The SMILES string of the molecule is CCNC(=NCc1ncc(CC)s1)N(C)Cc1ccccc1.I. The second-order valence-electron chi connectivity index (χ2n) is 5.09. The quantitative estimate of drug-likeness (QED) is 0.417. The summed E-state index contributed by atoms with van der Waals surface area (Å²) in [6.45, 7) is 6.57. The van der Waals surface area contributed by atoms with E-state index in [1.807, 2.05) is 12.3 Å². The van der Waals surface area contributed by atoms with Crippen molar-refractivity contribution in [2.45, 2.75) is 33.4 Å². The fourth-order valence-corrected chi connectivity index (χ4v) is 2.92. The zero-order valence-corrected chi connectivity index (χ0v) is 17.1. The summed E-state index contributed by atoms with van der Waals surface area (Å²) in [5.74, 6) is 0.916. The van der Waals surface area contributed by atoms with E-state index in [4.69, 9.17) is 4.99 Å². The van der Waals surface area contributed by atoms with E-state index in [-0.39, 0.29) is 24.0 Å². The van der Waals surface area contributed by atoms with E-state index in [1.165, 1.54) is 10.4 Å². The molecule has 0 amide bonds. The molecule has 0 spiro atoms. The molecule has 2 rings (SSSR count). The Hall–Kier alpha value is -1.15. The molecule has 0 fully saturated rings. The largest absolute Gasteiger partial charge is 0.357 e. The number of thiazole rings is 1. The highest BCUT2D eigenvalue weighted by Crippen LogP contribution is 2.14. The highest BCUT2D eigenvalue weighted by atomic mass is 127. The van der Waals surface area contributed by atoms with Gasteiger partial charge in [-0.15, -0.1) is 35.3 Å². The van der Waals surface area contributed by atoms with Crippen LogP contribution in [0.3, 0.4) is 0 Å². The van der Waals surface area contributed by atoms with Gasteiger partial charge in [0, 0.05) is 31.2 Å². The maximum atomic E-state index is 4.71. The van der Waals surface area contributed by atoms with E-state index in [2.05, 4.69) is 60.4 Å². The lowest BCUT2D eigenvalue weighted by Crippen LogP contribution is -2.38. The molecule has 6 heteroatoms. The van der Waals surface area contributed by atoms with Gasteiger partial charge in [-0.25, -0.2) is 9.98 Å². The molecular formula is C17H25IN4S. The number of nitrogens with one attached hydrogen (secondary N) is 1. The number of rotatable bonds is 6. The molecule has 0 aliphatic heterocycles. The number of hydrogen-bond donors (Lipinski definition) is 1. The molecule has 0 saturated heterocycles. The maximum absolute atomic E-state index is 4.71. The van der Waals surface area contributed by atoms with Crippen molar-refractivity contribution >= 4 is 41.3 Å². The monoisotopic (exact) mass is 444 g/mol. The van der Waals surface area contributed by atoms with E-state index >= 15 is 0 Å². The van der Waals surface area contributed by atoms with Gasteiger partial charge in [0.25, 0.3) is 0 Å². The minimum absolute atomic E-state index is 0. The topological polar surface area (TPSA) is 40.5 Å². The molecule has 4 nitrogen and oxygen atoms in total. The normalized spacial score (nSPS) is 11.0. The Bertz CT molecular complexity index is 598. The fourth-order valence-electron chi connectivity index (χ4n) is 2.13. The summed E-state index contributed by atoms with van der Waals surface area (Å²) in [5, 5.41) is 4.42. The van der Waals surface area contributed by atoms with Gasteiger partial charge in [-0.05, 0) is 18.9 Å². The summed E-state index contributed by atoms with van der Waals surface area (Å²) in [6.07, 6.45) is 2.99. The molecule has 0 atom stereocenters. The molecular weight excluding hydrogens is 419 g/mol. The lowest BCUT2D eigenvalue weighted by atomic mass is 10.2. The van der Waals surface area contributed by atoms with Gasteiger partial charge in [-0.3, -0.25) is 0 Å². The van der Waals surface area contributed by atoms with Crippen LogP contribution in [0.2, 0.25) is 0 Å². The Morgan fingerprint density at radius 1 is 1.26 bits per heavy atom. The fraction of sp³-hybridized carbons (Fsp3) is 0.412. The van der Waals surface area contributed by atoms with Crippen LogP contribution in [-0.4, -0.2) is 29.4 Å². The van der Waals surface area contributed by atoms with Crippen LogP contribution < -0.4 is 5.32 Å². The van der Waals surface area contributed by atoms with E-state index < -0.39 is 0 Å². The third-order valence-corrected chi connectivity index (χ3v) is 4.40. The first kappa shape index (κ1) is 19.9. The Balaban J connectivity index is 0.00000264. The maximum Gasteiger partial charge on any atom is 0.194 e. The number of benzene rings is 1. The molecule has 1 heterocycles. The van der Waals surface area contributed by atoms with Crippen LogP contribution in [0.1, 0.15) is 29.3 Å². The predicted molar refractivity (Wildman–Crippen MR) is 110 cm³/mol. The molecule has 1 aromatic carbocycles. The van der Waals surface area contributed by atoms with Gasteiger partial charge in [0.05, 0.1) is 6.54 Å². The van der Waals surface area contributed by atoms with Crippen molar-refractivity contribution in [2.24, 2.45) is 4.99 Å². The molecule has 1 N–H and O–H groups in total. The highest BCUT2D eigenvalue weighted by molar-refractivity contribution is 14.0. The molecule has 0 aliphatic rings. The Morgan fingerprint density at radius 2 is 2.00 bits per heavy atom. The van der Waals surface area contributed by atoms with E-state index in [0.717, 1.165) is 30.5 Å². The molecule has 2 aromatic rings. The van der Waals surface area contributed by atoms with Crippen molar-refractivity contribution < 1.29 is 0 Å². The Morgan fingerprint density at radius 3 is 2.61 bits per heavy atom. The van der Waals surface area contributed by atoms with Gasteiger partial charge in [-0.1, -0.05) is 37.3 Å². The molecule has 0 bridgehead atoms. The van der Waals surface area contributed by atoms with E-state index in [1.54, 1.807) is 11.3 Å². The zero-order chi connectivity index (χ0) is 15.8. The molecule has 0 saturated carbocycles. The standard InChI is InChI=1S/C17H24N4S.HI/c1-4-15-11-19-16(22-15)12-20-17(18-5-2)21(3)13-14-9-7-6-8-10-14;/h6-11H,4-5,12-13H2,1-3H3,(H,18,20);1H. The summed E-state index contributed by atoms with van der Waals surface area (Å²) in [5.41, 5.74) is 1.28. The third-order valence-electron chi connectivity index (χ3n) is 3.27. The minimum Gasteiger partial charge on any atom is -0.357 e. The number of aromatic nitrogens is 1. The summed E-state index contributed by atoms with van der Waals surface area (Å²) < 4.78 is 0. The van der Waals surface area contributed by atoms with Crippen molar-refractivity contribution in [1.29, 1.82) is 0 Å². The number of hydrogen-bond acceptors (Lipinski definition) is 3. The van der Waals surface area contributed by atoms with Crippen molar-refractivity contribution in [3.63, 3.8) is 0 Å². The average molecular weight is 444 g/mol. The number of halogens is 1. The summed E-state index contributed by atoms with van der Waals surface area (Å²) in [4.78, 5) is 12.6. The van der Waals surface area contributed by atoms with Crippen molar-refractivity contribution in [2.75, 3.05) is 13.6 Å². The van der Waals surface area contributed by atoms with Crippen molar-refractivity contribution in [3.05, 3.63) is 52.0 Å². The first-order chi connectivity index (χ1) is 10.7. The molecule has 1 aromatic heterocycles. The van der Waals surface area contributed by atoms with Crippen molar-refractivity contribution in [1.82, 2.24) is 15.2 Å². The predicted octanol–water partition coefficient (Wildman–Crippen LogP) is 3.92. The zero-order valence-electron chi connectivity index (χ0n) is 14.0. The van der Waals surface area contributed by atoms with E-state index in [9.17, 15) is 0 Å². The average Bonchev–Trinajstić information content (AvgIpc) is 3.00. The van der Waals surface area contributed by atoms with Crippen LogP contribution in [0.15, 0.2) is 41.5 Å². The van der Waals surface area contributed by atoms with Crippen LogP contribution in [0.4, 0.5) is 0 Å².